The van der Waals surface area contributed by atoms with Crippen molar-refractivity contribution in [2.45, 2.75) is 32.0 Å². The first-order valence-electron chi connectivity index (χ1n) is 7.62. The van der Waals surface area contributed by atoms with Crippen molar-refractivity contribution in [3.05, 3.63) is 35.1 Å². The fourth-order valence-electron chi connectivity index (χ4n) is 2.95. The maximum atomic E-state index is 13.4. The zero-order valence-corrected chi connectivity index (χ0v) is 12.7. The van der Waals surface area contributed by atoms with E-state index >= 15 is 0 Å². The number of likely N-dealkylation sites (tertiary alicyclic amines) is 1. The molecule has 0 bridgehead atoms. The van der Waals surface area contributed by atoms with Gasteiger partial charge in [0.25, 0.3) is 0 Å². The standard InChI is InChI=1S/C16H22F4N2/c1-21-5-2-12-3-6-22(7-4-12)11-13-8-14(16(18,19)20)10-15(17)9-13/h8-10,12,21H,2-7,11H2,1H3. The SMILES string of the molecule is CNCCC1CCN(Cc2cc(F)cc(C(F)(F)F)c2)CC1. The summed E-state index contributed by atoms with van der Waals surface area (Å²) in [4.78, 5) is 2.10. The molecule has 1 saturated heterocycles. The van der Waals surface area contributed by atoms with Crippen LogP contribution in [0.3, 0.4) is 0 Å². The number of alkyl halides is 3. The Morgan fingerprint density at radius 1 is 1.18 bits per heavy atom. The number of piperidine rings is 1. The van der Waals surface area contributed by atoms with Gasteiger partial charge in [0, 0.05) is 6.54 Å². The first-order valence-corrected chi connectivity index (χ1v) is 7.62. The van der Waals surface area contributed by atoms with Crippen molar-refractivity contribution in [2.75, 3.05) is 26.7 Å². The highest BCUT2D eigenvalue weighted by Gasteiger charge is 2.31. The zero-order chi connectivity index (χ0) is 16.2. The molecule has 0 aliphatic carbocycles. The van der Waals surface area contributed by atoms with Gasteiger partial charge in [-0.25, -0.2) is 4.39 Å². The molecular formula is C16H22F4N2. The van der Waals surface area contributed by atoms with E-state index in [2.05, 4.69) is 10.2 Å². The average Bonchev–Trinajstić information content (AvgIpc) is 2.45. The average molecular weight is 318 g/mol. The number of nitrogens with one attached hydrogen (secondary N) is 1. The summed E-state index contributed by atoms with van der Waals surface area (Å²) in [6, 6.07) is 2.80. The first kappa shape index (κ1) is 17.2. The van der Waals surface area contributed by atoms with Gasteiger partial charge in [-0.3, -0.25) is 4.90 Å². The Bertz CT molecular complexity index is 480. The zero-order valence-electron chi connectivity index (χ0n) is 12.7. The minimum atomic E-state index is -4.50. The van der Waals surface area contributed by atoms with Crippen molar-refractivity contribution in [3.8, 4) is 0 Å². The first-order chi connectivity index (χ1) is 10.4. The molecule has 1 heterocycles. The Hall–Kier alpha value is -1.14. The number of rotatable bonds is 5. The van der Waals surface area contributed by atoms with Gasteiger partial charge in [-0.05, 0) is 75.6 Å². The minimum Gasteiger partial charge on any atom is -0.320 e. The van der Waals surface area contributed by atoms with Crippen LogP contribution < -0.4 is 5.32 Å². The third-order valence-corrected chi connectivity index (χ3v) is 4.20. The monoisotopic (exact) mass is 318 g/mol. The predicted molar refractivity (Wildman–Crippen MR) is 77.9 cm³/mol. The summed E-state index contributed by atoms with van der Waals surface area (Å²) < 4.78 is 51.5. The molecule has 0 spiro atoms. The third kappa shape index (κ3) is 4.95. The Kier molecular flexibility index (Phi) is 5.81. The summed E-state index contributed by atoms with van der Waals surface area (Å²) in [6.45, 7) is 3.07. The number of nitrogens with zero attached hydrogens (tertiary/aromatic N) is 1. The Balaban J connectivity index is 1.93. The van der Waals surface area contributed by atoms with Crippen molar-refractivity contribution in [2.24, 2.45) is 5.92 Å². The van der Waals surface area contributed by atoms with E-state index < -0.39 is 17.6 Å². The lowest BCUT2D eigenvalue weighted by molar-refractivity contribution is -0.137. The molecule has 1 aromatic carbocycles. The molecule has 1 aliphatic rings. The summed E-state index contributed by atoms with van der Waals surface area (Å²) in [5.41, 5.74) is -0.521. The minimum absolute atomic E-state index is 0.375. The van der Waals surface area contributed by atoms with Crippen LogP contribution >= 0.6 is 0 Å². The normalized spacial score (nSPS) is 17.9. The van der Waals surface area contributed by atoms with Gasteiger partial charge >= 0.3 is 6.18 Å². The number of hydrogen-bond acceptors (Lipinski definition) is 2. The van der Waals surface area contributed by atoms with E-state index in [1.54, 1.807) is 0 Å². The van der Waals surface area contributed by atoms with Gasteiger partial charge in [0.1, 0.15) is 5.82 Å². The van der Waals surface area contributed by atoms with Crippen LogP contribution in [0.15, 0.2) is 18.2 Å². The third-order valence-electron chi connectivity index (χ3n) is 4.20. The summed E-state index contributed by atoms with van der Waals surface area (Å²) >= 11 is 0. The topological polar surface area (TPSA) is 15.3 Å². The van der Waals surface area contributed by atoms with Gasteiger partial charge in [0.15, 0.2) is 0 Å². The van der Waals surface area contributed by atoms with Crippen LogP contribution in [0.5, 0.6) is 0 Å². The summed E-state index contributed by atoms with van der Waals surface area (Å²) in [5.74, 6) is -0.157. The predicted octanol–water partition coefficient (Wildman–Crippen LogP) is 3.67. The van der Waals surface area contributed by atoms with E-state index in [9.17, 15) is 17.6 Å². The van der Waals surface area contributed by atoms with Gasteiger partial charge in [0.05, 0.1) is 5.56 Å². The molecule has 0 atom stereocenters. The van der Waals surface area contributed by atoms with Crippen molar-refractivity contribution in [1.82, 2.24) is 10.2 Å². The molecule has 22 heavy (non-hydrogen) atoms. The molecule has 0 saturated carbocycles. The molecule has 1 fully saturated rings. The number of halogens is 4. The van der Waals surface area contributed by atoms with E-state index in [1.807, 2.05) is 7.05 Å². The molecule has 2 rings (SSSR count). The Morgan fingerprint density at radius 2 is 1.86 bits per heavy atom. The molecule has 1 N–H and O–H groups in total. The largest absolute Gasteiger partial charge is 0.416 e. The molecule has 6 heteroatoms. The highest BCUT2D eigenvalue weighted by Crippen LogP contribution is 2.31. The van der Waals surface area contributed by atoms with E-state index in [-0.39, 0.29) is 0 Å². The summed E-state index contributed by atoms with van der Waals surface area (Å²) in [5, 5.41) is 3.13. The van der Waals surface area contributed by atoms with Crippen LogP contribution in [0.2, 0.25) is 0 Å². The maximum Gasteiger partial charge on any atom is 0.416 e. The number of benzene rings is 1. The molecule has 124 valence electrons. The fraction of sp³-hybridized carbons (Fsp3) is 0.625. The van der Waals surface area contributed by atoms with Crippen LogP contribution in [0.25, 0.3) is 0 Å². The lowest BCUT2D eigenvalue weighted by Gasteiger charge is -2.32. The van der Waals surface area contributed by atoms with Gasteiger partial charge in [-0.15, -0.1) is 0 Å². The molecule has 0 radical (unpaired) electrons. The molecule has 0 unspecified atom stereocenters. The van der Waals surface area contributed by atoms with Crippen molar-refractivity contribution < 1.29 is 17.6 Å². The second-order valence-corrected chi connectivity index (χ2v) is 5.96. The molecule has 1 aliphatic heterocycles. The van der Waals surface area contributed by atoms with Crippen LogP contribution in [0, 0.1) is 11.7 Å². The molecular weight excluding hydrogens is 296 g/mol. The Morgan fingerprint density at radius 3 is 2.45 bits per heavy atom. The Labute approximate surface area is 128 Å². The van der Waals surface area contributed by atoms with E-state index in [0.29, 0.717) is 24.1 Å². The van der Waals surface area contributed by atoms with Gasteiger partial charge in [-0.2, -0.15) is 13.2 Å². The molecule has 1 aromatic rings. The van der Waals surface area contributed by atoms with Crippen LogP contribution in [-0.4, -0.2) is 31.6 Å². The maximum absolute atomic E-state index is 13.4. The lowest BCUT2D eigenvalue weighted by Crippen LogP contribution is -2.34. The highest BCUT2D eigenvalue weighted by molar-refractivity contribution is 5.26. The van der Waals surface area contributed by atoms with Gasteiger partial charge in [0.2, 0.25) is 0 Å². The highest BCUT2D eigenvalue weighted by atomic mass is 19.4. The quantitative estimate of drug-likeness (QED) is 0.834. The molecule has 0 aromatic heterocycles. The van der Waals surface area contributed by atoms with Crippen molar-refractivity contribution in [3.63, 3.8) is 0 Å². The van der Waals surface area contributed by atoms with E-state index in [0.717, 1.165) is 45.0 Å². The van der Waals surface area contributed by atoms with Crippen LogP contribution in [0.1, 0.15) is 30.4 Å². The van der Waals surface area contributed by atoms with E-state index in [4.69, 9.17) is 0 Å². The second kappa shape index (κ2) is 7.42. The fourth-order valence-corrected chi connectivity index (χ4v) is 2.95. The summed E-state index contributed by atoms with van der Waals surface area (Å²) in [6.07, 6.45) is -1.29. The van der Waals surface area contributed by atoms with Gasteiger partial charge in [-0.1, -0.05) is 0 Å². The van der Waals surface area contributed by atoms with Crippen molar-refractivity contribution >= 4 is 0 Å². The smallest absolute Gasteiger partial charge is 0.320 e. The lowest BCUT2D eigenvalue weighted by atomic mass is 9.93. The van der Waals surface area contributed by atoms with Gasteiger partial charge < -0.3 is 5.32 Å². The van der Waals surface area contributed by atoms with Crippen molar-refractivity contribution in [1.29, 1.82) is 0 Å². The molecule has 2 nitrogen and oxygen atoms in total. The second-order valence-electron chi connectivity index (χ2n) is 5.96. The van der Waals surface area contributed by atoms with Crippen LogP contribution in [0.4, 0.5) is 17.6 Å². The van der Waals surface area contributed by atoms with Crippen LogP contribution in [-0.2, 0) is 12.7 Å². The molecule has 0 amide bonds. The summed E-state index contributed by atoms with van der Waals surface area (Å²) in [7, 11) is 1.93. The van der Waals surface area contributed by atoms with E-state index in [1.165, 1.54) is 6.07 Å². The number of hydrogen-bond donors (Lipinski definition) is 1.